The third-order valence-electron chi connectivity index (χ3n) is 4.05. The van der Waals surface area contributed by atoms with Crippen LogP contribution in [0.15, 0.2) is 30.3 Å². The van der Waals surface area contributed by atoms with Crippen molar-refractivity contribution >= 4 is 11.7 Å². The van der Waals surface area contributed by atoms with Gasteiger partial charge in [0, 0.05) is 18.8 Å². The van der Waals surface area contributed by atoms with Gasteiger partial charge >= 0.3 is 5.97 Å². The summed E-state index contributed by atoms with van der Waals surface area (Å²) in [5, 5.41) is 3.07. The lowest BCUT2D eigenvalue weighted by Crippen LogP contribution is -2.48. The van der Waals surface area contributed by atoms with E-state index in [0.29, 0.717) is 0 Å². The van der Waals surface area contributed by atoms with Gasteiger partial charge in [-0.05, 0) is 52.3 Å². The largest absolute Gasteiger partial charge is 0.468 e. The van der Waals surface area contributed by atoms with Crippen molar-refractivity contribution < 1.29 is 9.53 Å². The van der Waals surface area contributed by atoms with Crippen LogP contribution in [0, 0.1) is 0 Å². The molecular weight excluding hydrogens is 264 g/mol. The van der Waals surface area contributed by atoms with Gasteiger partial charge in [-0.15, -0.1) is 0 Å². The molecule has 118 valence electrons. The second-order valence-corrected chi connectivity index (χ2v) is 5.45. The number of carbonyl (C=O) groups is 1. The SMILES string of the molecule is CCN(CCCCC(C)(NC)C(=O)OC)c1ccccc1. The number of nitrogens with one attached hydrogen (secondary N) is 1. The summed E-state index contributed by atoms with van der Waals surface area (Å²) in [6.45, 7) is 6.05. The molecule has 0 bridgehead atoms. The van der Waals surface area contributed by atoms with E-state index in [9.17, 15) is 4.79 Å². The summed E-state index contributed by atoms with van der Waals surface area (Å²) in [6, 6.07) is 10.4. The quantitative estimate of drug-likeness (QED) is 0.561. The summed E-state index contributed by atoms with van der Waals surface area (Å²) >= 11 is 0. The molecular formula is C17H28N2O2. The Kier molecular flexibility index (Phi) is 7.23. The molecule has 1 aromatic rings. The van der Waals surface area contributed by atoms with Gasteiger partial charge in [0.05, 0.1) is 7.11 Å². The van der Waals surface area contributed by atoms with Gasteiger partial charge in [-0.25, -0.2) is 0 Å². The molecule has 0 aromatic heterocycles. The number of hydrogen-bond acceptors (Lipinski definition) is 4. The molecule has 0 saturated carbocycles. The topological polar surface area (TPSA) is 41.6 Å². The maximum Gasteiger partial charge on any atom is 0.325 e. The Morgan fingerprint density at radius 3 is 2.48 bits per heavy atom. The molecule has 0 aliphatic carbocycles. The summed E-state index contributed by atoms with van der Waals surface area (Å²) in [5.74, 6) is -0.194. The van der Waals surface area contributed by atoms with Crippen molar-refractivity contribution in [1.29, 1.82) is 0 Å². The van der Waals surface area contributed by atoms with Gasteiger partial charge < -0.3 is 15.0 Å². The molecule has 0 aliphatic heterocycles. The summed E-state index contributed by atoms with van der Waals surface area (Å²) in [6.07, 6.45) is 2.81. The smallest absolute Gasteiger partial charge is 0.325 e. The number of carbonyl (C=O) groups excluding carboxylic acids is 1. The number of methoxy groups -OCH3 is 1. The van der Waals surface area contributed by atoms with E-state index in [-0.39, 0.29) is 5.97 Å². The van der Waals surface area contributed by atoms with Gasteiger partial charge in [0.1, 0.15) is 5.54 Å². The van der Waals surface area contributed by atoms with Crippen LogP contribution in [-0.2, 0) is 9.53 Å². The van der Waals surface area contributed by atoms with Crippen LogP contribution in [0.1, 0.15) is 33.1 Å². The minimum atomic E-state index is -0.585. The van der Waals surface area contributed by atoms with Gasteiger partial charge in [-0.2, -0.15) is 0 Å². The molecule has 0 aliphatic rings. The summed E-state index contributed by atoms with van der Waals surface area (Å²) < 4.78 is 4.86. The van der Waals surface area contributed by atoms with Gasteiger partial charge in [0.25, 0.3) is 0 Å². The average Bonchev–Trinajstić information content (AvgIpc) is 2.54. The lowest BCUT2D eigenvalue weighted by atomic mass is 9.95. The molecule has 0 heterocycles. The fourth-order valence-electron chi connectivity index (χ4n) is 2.44. The van der Waals surface area contributed by atoms with E-state index >= 15 is 0 Å². The Bertz CT molecular complexity index is 422. The number of ether oxygens (including phenoxy) is 1. The van der Waals surface area contributed by atoms with Crippen LogP contribution < -0.4 is 10.2 Å². The Morgan fingerprint density at radius 2 is 1.95 bits per heavy atom. The molecule has 0 radical (unpaired) electrons. The van der Waals surface area contributed by atoms with E-state index < -0.39 is 5.54 Å². The molecule has 1 aromatic carbocycles. The fraction of sp³-hybridized carbons (Fsp3) is 0.588. The molecule has 0 fully saturated rings. The molecule has 1 unspecified atom stereocenters. The number of para-hydroxylation sites is 1. The van der Waals surface area contributed by atoms with Crippen LogP contribution in [0.3, 0.4) is 0 Å². The first-order valence-electron chi connectivity index (χ1n) is 7.64. The third-order valence-corrected chi connectivity index (χ3v) is 4.05. The number of unbranched alkanes of at least 4 members (excludes halogenated alkanes) is 1. The van der Waals surface area contributed by atoms with Crippen molar-refractivity contribution in [2.75, 3.05) is 32.1 Å². The summed E-state index contributed by atoms with van der Waals surface area (Å²) in [5.41, 5.74) is 0.669. The molecule has 21 heavy (non-hydrogen) atoms. The average molecular weight is 292 g/mol. The second-order valence-electron chi connectivity index (χ2n) is 5.45. The van der Waals surface area contributed by atoms with Crippen molar-refractivity contribution in [3.05, 3.63) is 30.3 Å². The van der Waals surface area contributed by atoms with E-state index in [1.165, 1.54) is 12.8 Å². The number of hydrogen-bond donors (Lipinski definition) is 1. The van der Waals surface area contributed by atoms with Crippen LogP contribution in [0.2, 0.25) is 0 Å². The first-order valence-corrected chi connectivity index (χ1v) is 7.64. The third kappa shape index (κ3) is 5.05. The molecule has 0 amide bonds. The maximum absolute atomic E-state index is 11.8. The van der Waals surface area contributed by atoms with Crippen molar-refractivity contribution in [3.8, 4) is 0 Å². The van der Waals surface area contributed by atoms with Crippen molar-refractivity contribution in [2.24, 2.45) is 0 Å². The Morgan fingerprint density at radius 1 is 1.29 bits per heavy atom. The number of esters is 1. The van der Waals surface area contributed by atoms with Gasteiger partial charge in [0.15, 0.2) is 0 Å². The first-order chi connectivity index (χ1) is 10.1. The zero-order chi connectivity index (χ0) is 15.7. The highest BCUT2D eigenvalue weighted by Crippen LogP contribution is 2.17. The summed E-state index contributed by atoms with van der Waals surface area (Å²) in [4.78, 5) is 14.1. The Hall–Kier alpha value is -1.55. The molecule has 0 saturated heterocycles. The van der Waals surface area contributed by atoms with E-state index in [1.54, 1.807) is 7.05 Å². The lowest BCUT2D eigenvalue weighted by Gasteiger charge is -2.27. The van der Waals surface area contributed by atoms with E-state index in [1.807, 2.05) is 13.0 Å². The predicted molar refractivity (Wildman–Crippen MR) is 87.7 cm³/mol. The number of nitrogens with zero attached hydrogens (tertiary/aromatic N) is 1. The van der Waals surface area contributed by atoms with E-state index in [0.717, 1.165) is 32.4 Å². The van der Waals surface area contributed by atoms with Crippen LogP contribution in [0.25, 0.3) is 0 Å². The Labute approximate surface area is 128 Å². The van der Waals surface area contributed by atoms with Gasteiger partial charge in [-0.3, -0.25) is 4.79 Å². The van der Waals surface area contributed by atoms with Crippen LogP contribution >= 0.6 is 0 Å². The summed E-state index contributed by atoms with van der Waals surface area (Å²) in [7, 11) is 3.24. The second kappa shape index (κ2) is 8.67. The fourth-order valence-corrected chi connectivity index (χ4v) is 2.44. The molecule has 1 rings (SSSR count). The van der Waals surface area contributed by atoms with Crippen LogP contribution in [0.5, 0.6) is 0 Å². The maximum atomic E-state index is 11.8. The van der Waals surface area contributed by atoms with E-state index in [2.05, 4.69) is 41.4 Å². The van der Waals surface area contributed by atoms with E-state index in [4.69, 9.17) is 4.74 Å². The molecule has 1 N–H and O–H groups in total. The zero-order valence-corrected chi connectivity index (χ0v) is 13.7. The van der Waals surface area contributed by atoms with Crippen LogP contribution in [-0.4, -0.2) is 38.8 Å². The highest BCUT2D eigenvalue weighted by Gasteiger charge is 2.31. The molecule has 4 heteroatoms. The lowest BCUT2D eigenvalue weighted by molar-refractivity contribution is -0.148. The van der Waals surface area contributed by atoms with Crippen molar-refractivity contribution in [3.63, 3.8) is 0 Å². The number of anilines is 1. The predicted octanol–water partition coefficient (Wildman–Crippen LogP) is 2.83. The number of likely N-dealkylation sites (N-methyl/N-ethyl adjacent to an activating group) is 1. The monoisotopic (exact) mass is 292 g/mol. The standard InChI is InChI=1S/C17H28N2O2/c1-5-19(15-11-7-6-8-12-15)14-10-9-13-17(2,18-3)16(20)21-4/h6-8,11-12,18H,5,9-10,13-14H2,1-4H3. The number of benzene rings is 1. The van der Waals surface area contributed by atoms with Crippen LogP contribution in [0.4, 0.5) is 5.69 Å². The minimum absolute atomic E-state index is 0.194. The Balaban J connectivity index is 2.43. The minimum Gasteiger partial charge on any atom is -0.468 e. The molecule has 0 spiro atoms. The first kappa shape index (κ1) is 17.5. The highest BCUT2D eigenvalue weighted by molar-refractivity contribution is 5.80. The number of rotatable bonds is 9. The van der Waals surface area contributed by atoms with Crippen molar-refractivity contribution in [2.45, 2.75) is 38.6 Å². The zero-order valence-electron chi connectivity index (χ0n) is 13.7. The highest BCUT2D eigenvalue weighted by atomic mass is 16.5. The normalized spacial score (nSPS) is 13.5. The van der Waals surface area contributed by atoms with Crippen molar-refractivity contribution in [1.82, 2.24) is 5.32 Å². The van der Waals surface area contributed by atoms with Gasteiger partial charge in [-0.1, -0.05) is 18.2 Å². The molecule has 4 nitrogen and oxygen atoms in total. The van der Waals surface area contributed by atoms with Gasteiger partial charge in [0.2, 0.25) is 0 Å². The molecule has 1 atom stereocenters.